The standard InChI is InChI=1S/C9H15F3N2O2/c1-13-5-7(15)14-4-3-8(6-14,16-2)9(10,11)12/h13H,3-6H2,1-2H3/t8-/m1/s1. The van der Waals surface area contributed by atoms with Gasteiger partial charge in [0.1, 0.15) is 0 Å². The molecule has 94 valence electrons. The first-order valence-electron chi connectivity index (χ1n) is 4.90. The number of hydrogen-bond acceptors (Lipinski definition) is 3. The third kappa shape index (κ3) is 2.30. The summed E-state index contributed by atoms with van der Waals surface area (Å²) in [4.78, 5) is 12.6. The molecular weight excluding hydrogens is 225 g/mol. The molecule has 1 amide bonds. The number of ether oxygens (including phenoxy) is 1. The van der Waals surface area contributed by atoms with Gasteiger partial charge in [0.2, 0.25) is 5.91 Å². The van der Waals surface area contributed by atoms with Crippen molar-refractivity contribution < 1.29 is 22.7 Å². The maximum absolute atomic E-state index is 12.8. The maximum Gasteiger partial charge on any atom is 0.419 e. The Labute approximate surface area is 91.7 Å². The van der Waals surface area contributed by atoms with Crippen molar-refractivity contribution in [3.63, 3.8) is 0 Å². The molecule has 1 heterocycles. The lowest BCUT2D eigenvalue weighted by atomic mass is 10.0. The number of halogens is 3. The van der Waals surface area contributed by atoms with Gasteiger partial charge in [-0.3, -0.25) is 4.79 Å². The van der Waals surface area contributed by atoms with Gasteiger partial charge < -0.3 is 15.0 Å². The fourth-order valence-electron chi connectivity index (χ4n) is 1.77. The molecule has 0 aromatic rings. The number of nitrogens with zero attached hydrogens (tertiary/aromatic N) is 1. The zero-order valence-electron chi connectivity index (χ0n) is 9.23. The second-order valence-corrected chi connectivity index (χ2v) is 3.79. The number of likely N-dealkylation sites (N-methyl/N-ethyl adjacent to an activating group) is 1. The van der Waals surface area contributed by atoms with Crippen LogP contribution < -0.4 is 5.32 Å². The first-order valence-corrected chi connectivity index (χ1v) is 4.90. The lowest BCUT2D eigenvalue weighted by molar-refractivity contribution is -0.263. The van der Waals surface area contributed by atoms with Crippen molar-refractivity contribution in [1.29, 1.82) is 0 Å². The Bertz CT molecular complexity index is 270. The van der Waals surface area contributed by atoms with Crippen LogP contribution in [0.25, 0.3) is 0 Å². The highest BCUT2D eigenvalue weighted by Gasteiger charge is 2.59. The molecule has 1 aliphatic heterocycles. The highest BCUT2D eigenvalue weighted by Crippen LogP contribution is 2.40. The number of hydrogen-bond donors (Lipinski definition) is 1. The van der Waals surface area contributed by atoms with Crippen LogP contribution in [0.2, 0.25) is 0 Å². The molecule has 1 N–H and O–H groups in total. The molecule has 1 atom stereocenters. The summed E-state index contributed by atoms with van der Waals surface area (Å²) in [6.45, 7) is -0.307. The van der Waals surface area contributed by atoms with Crippen molar-refractivity contribution in [2.75, 3.05) is 33.8 Å². The van der Waals surface area contributed by atoms with Gasteiger partial charge in [0.15, 0.2) is 5.60 Å². The first-order chi connectivity index (χ1) is 7.36. The Balaban J connectivity index is 2.72. The SMILES string of the molecule is CNCC(=O)N1CC[C@](OC)(C(F)(F)F)C1. The van der Waals surface area contributed by atoms with Crippen LogP contribution in [0.5, 0.6) is 0 Å². The molecule has 0 aromatic heterocycles. The smallest absolute Gasteiger partial charge is 0.367 e. The number of carbonyl (C=O) groups excluding carboxylic acids is 1. The monoisotopic (exact) mass is 240 g/mol. The van der Waals surface area contributed by atoms with Crippen LogP contribution in [0, 0.1) is 0 Å². The molecular formula is C9H15F3N2O2. The van der Waals surface area contributed by atoms with Crippen molar-refractivity contribution in [1.82, 2.24) is 10.2 Å². The molecule has 0 bridgehead atoms. The molecule has 7 heteroatoms. The molecule has 0 unspecified atom stereocenters. The van der Waals surface area contributed by atoms with Crippen molar-refractivity contribution in [2.45, 2.75) is 18.2 Å². The molecule has 4 nitrogen and oxygen atoms in total. The average Bonchev–Trinajstić information content (AvgIpc) is 2.62. The Morgan fingerprint density at radius 2 is 2.19 bits per heavy atom. The third-order valence-corrected chi connectivity index (χ3v) is 2.82. The molecule has 0 saturated carbocycles. The van der Waals surface area contributed by atoms with E-state index in [1.165, 1.54) is 4.90 Å². The summed E-state index contributed by atoms with van der Waals surface area (Å²) < 4.78 is 42.9. The number of carbonyl (C=O) groups is 1. The van der Waals surface area contributed by atoms with Gasteiger partial charge in [0, 0.05) is 20.1 Å². The summed E-state index contributed by atoms with van der Waals surface area (Å²) in [6.07, 6.45) is -4.65. The fourth-order valence-corrected chi connectivity index (χ4v) is 1.77. The lowest BCUT2D eigenvalue weighted by Crippen LogP contribution is -2.50. The average molecular weight is 240 g/mol. The van der Waals surface area contributed by atoms with Gasteiger partial charge in [0.05, 0.1) is 13.1 Å². The number of alkyl halides is 3. The molecule has 1 fully saturated rings. The van der Waals surface area contributed by atoms with Gasteiger partial charge in [-0.25, -0.2) is 0 Å². The van der Waals surface area contributed by atoms with Crippen molar-refractivity contribution in [3.05, 3.63) is 0 Å². The van der Waals surface area contributed by atoms with Gasteiger partial charge in [0.25, 0.3) is 0 Å². The topological polar surface area (TPSA) is 41.6 Å². The zero-order chi connectivity index (χ0) is 12.4. The van der Waals surface area contributed by atoms with Crippen LogP contribution in [0.1, 0.15) is 6.42 Å². The molecule has 0 aromatic carbocycles. The third-order valence-electron chi connectivity index (χ3n) is 2.82. The van der Waals surface area contributed by atoms with Gasteiger partial charge >= 0.3 is 6.18 Å². The number of rotatable bonds is 3. The zero-order valence-corrected chi connectivity index (χ0v) is 9.23. The maximum atomic E-state index is 12.8. The molecule has 1 rings (SSSR count). The molecule has 1 aliphatic rings. The van der Waals surface area contributed by atoms with E-state index in [1.54, 1.807) is 7.05 Å². The second kappa shape index (κ2) is 4.58. The predicted molar refractivity (Wildman–Crippen MR) is 50.9 cm³/mol. The van der Waals surface area contributed by atoms with E-state index in [1.807, 2.05) is 0 Å². The van der Waals surface area contributed by atoms with Crippen molar-refractivity contribution >= 4 is 5.91 Å². The summed E-state index contributed by atoms with van der Waals surface area (Å²) in [6, 6.07) is 0. The summed E-state index contributed by atoms with van der Waals surface area (Å²) in [5.74, 6) is -0.342. The summed E-state index contributed by atoms with van der Waals surface area (Å²) in [5.41, 5.74) is -2.20. The normalized spacial score (nSPS) is 26.2. The van der Waals surface area contributed by atoms with Crippen LogP contribution in [-0.2, 0) is 9.53 Å². The second-order valence-electron chi connectivity index (χ2n) is 3.79. The van der Waals surface area contributed by atoms with E-state index in [2.05, 4.69) is 10.1 Å². The van der Waals surface area contributed by atoms with E-state index in [9.17, 15) is 18.0 Å². The quantitative estimate of drug-likeness (QED) is 0.775. The van der Waals surface area contributed by atoms with E-state index < -0.39 is 18.3 Å². The number of methoxy groups -OCH3 is 1. The highest BCUT2D eigenvalue weighted by atomic mass is 19.4. The Morgan fingerprint density at radius 3 is 2.56 bits per heavy atom. The predicted octanol–water partition coefficient (Wildman–Crippen LogP) is 0.386. The molecule has 0 spiro atoms. The minimum Gasteiger partial charge on any atom is -0.367 e. The fraction of sp³-hybridized carbons (Fsp3) is 0.889. The minimum atomic E-state index is -4.45. The Hall–Kier alpha value is -0.820. The van der Waals surface area contributed by atoms with Gasteiger partial charge in [-0.15, -0.1) is 0 Å². The van der Waals surface area contributed by atoms with Crippen molar-refractivity contribution in [3.8, 4) is 0 Å². The Morgan fingerprint density at radius 1 is 1.56 bits per heavy atom. The number of amides is 1. The Kier molecular flexibility index (Phi) is 3.80. The van der Waals surface area contributed by atoms with Crippen LogP contribution in [-0.4, -0.2) is 56.4 Å². The van der Waals surface area contributed by atoms with E-state index >= 15 is 0 Å². The van der Waals surface area contributed by atoms with Crippen LogP contribution >= 0.6 is 0 Å². The van der Waals surface area contributed by atoms with Crippen molar-refractivity contribution in [2.24, 2.45) is 0 Å². The van der Waals surface area contributed by atoms with E-state index in [4.69, 9.17) is 0 Å². The summed E-state index contributed by atoms with van der Waals surface area (Å²) in [5, 5.41) is 2.62. The van der Waals surface area contributed by atoms with Crippen LogP contribution in [0.15, 0.2) is 0 Å². The number of likely N-dealkylation sites (tertiary alicyclic amines) is 1. The van der Waals surface area contributed by atoms with Crippen LogP contribution in [0.4, 0.5) is 13.2 Å². The first kappa shape index (κ1) is 13.2. The molecule has 0 aliphatic carbocycles. The van der Waals surface area contributed by atoms with E-state index in [0.717, 1.165) is 7.11 Å². The minimum absolute atomic E-state index is 0.0393. The largest absolute Gasteiger partial charge is 0.419 e. The van der Waals surface area contributed by atoms with Crippen LogP contribution in [0.3, 0.4) is 0 Å². The lowest BCUT2D eigenvalue weighted by Gasteiger charge is -2.30. The number of nitrogens with one attached hydrogen (secondary N) is 1. The van der Waals surface area contributed by atoms with Gasteiger partial charge in [-0.1, -0.05) is 0 Å². The van der Waals surface area contributed by atoms with E-state index in [-0.39, 0.29) is 25.4 Å². The highest BCUT2D eigenvalue weighted by molar-refractivity contribution is 5.78. The summed E-state index contributed by atoms with van der Waals surface area (Å²) in [7, 11) is 2.60. The molecule has 16 heavy (non-hydrogen) atoms. The summed E-state index contributed by atoms with van der Waals surface area (Å²) >= 11 is 0. The van der Waals surface area contributed by atoms with E-state index in [0.29, 0.717) is 0 Å². The molecule has 0 radical (unpaired) electrons. The van der Waals surface area contributed by atoms with Gasteiger partial charge in [-0.2, -0.15) is 13.2 Å². The molecule has 1 saturated heterocycles. The van der Waals surface area contributed by atoms with Gasteiger partial charge in [-0.05, 0) is 7.05 Å².